The Morgan fingerprint density at radius 2 is 2.11 bits per heavy atom. The minimum Gasteiger partial charge on any atom is -0.326 e. The van der Waals surface area contributed by atoms with Crippen LogP contribution in [0.25, 0.3) is 0 Å². The fourth-order valence-corrected chi connectivity index (χ4v) is 1.91. The van der Waals surface area contributed by atoms with E-state index in [1.165, 1.54) is 18.3 Å². The summed E-state index contributed by atoms with van der Waals surface area (Å²) in [5.74, 6) is -0.388. The molecule has 0 fully saturated rings. The number of aromatic amines is 1. The molecule has 2 rings (SSSR count). The number of anilines is 1. The molecule has 1 amide bonds. The van der Waals surface area contributed by atoms with Crippen molar-refractivity contribution in [3.8, 4) is 0 Å². The zero-order chi connectivity index (χ0) is 13.1. The molecule has 0 aliphatic rings. The van der Waals surface area contributed by atoms with Gasteiger partial charge in [-0.1, -0.05) is 17.7 Å². The van der Waals surface area contributed by atoms with Gasteiger partial charge in [-0.2, -0.15) is 0 Å². The van der Waals surface area contributed by atoms with Crippen molar-refractivity contribution in [3.63, 3.8) is 0 Å². The number of carbonyl (C=O) groups is 1. The molecule has 6 heteroatoms. The highest BCUT2D eigenvalue weighted by Gasteiger charge is 2.09. The van der Waals surface area contributed by atoms with Crippen LogP contribution < -0.4 is 10.9 Å². The second-order valence-electron chi connectivity index (χ2n) is 3.53. The Morgan fingerprint density at radius 1 is 1.33 bits per heavy atom. The van der Waals surface area contributed by atoms with Crippen molar-refractivity contribution >= 4 is 39.1 Å². The minimum absolute atomic E-state index is 0.175. The third kappa shape index (κ3) is 3.00. The van der Waals surface area contributed by atoms with Crippen LogP contribution in [0.5, 0.6) is 0 Å². The van der Waals surface area contributed by atoms with Crippen molar-refractivity contribution in [2.75, 3.05) is 5.32 Å². The molecule has 1 aromatic heterocycles. The molecule has 2 N–H and O–H groups in total. The number of carbonyl (C=O) groups excluding carboxylic acids is 1. The van der Waals surface area contributed by atoms with Crippen LogP contribution in [0, 0.1) is 0 Å². The smallest absolute Gasteiger partial charge is 0.271 e. The molecule has 0 unspecified atom stereocenters. The summed E-state index contributed by atoms with van der Waals surface area (Å²) in [6.45, 7) is 0. The minimum atomic E-state index is -0.388. The second-order valence-corrected chi connectivity index (χ2v) is 4.88. The Balaban J connectivity index is 2.27. The van der Waals surface area contributed by atoms with Crippen molar-refractivity contribution in [2.45, 2.75) is 0 Å². The highest BCUT2D eigenvalue weighted by Crippen LogP contribution is 2.14. The predicted molar refractivity (Wildman–Crippen MR) is 74.2 cm³/mol. The first kappa shape index (κ1) is 12.9. The number of hydrogen-bond donors (Lipinski definition) is 2. The lowest BCUT2D eigenvalue weighted by molar-refractivity contribution is 0.102. The van der Waals surface area contributed by atoms with Crippen LogP contribution in [0.3, 0.4) is 0 Å². The van der Waals surface area contributed by atoms with Crippen LogP contribution in [0.4, 0.5) is 5.69 Å². The van der Waals surface area contributed by atoms with Gasteiger partial charge in [0.25, 0.3) is 11.5 Å². The Morgan fingerprint density at radius 3 is 2.83 bits per heavy atom. The summed E-state index contributed by atoms with van der Waals surface area (Å²) in [7, 11) is 0. The molecule has 0 saturated carbocycles. The summed E-state index contributed by atoms with van der Waals surface area (Å²) in [6.07, 6.45) is 1.50. The van der Waals surface area contributed by atoms with Gasteiger partial charge in [0.15, 0.2) is 0 Å². The van der Waals surface area contributed by atoms with E-state index in [4.69, 9.17) is 11.6 Å². The molecule has 0 saturated heterocycles. The van der Waals surface area contributed by atoms with E-state index in [1.807, 2.05) is 0 Å². The lowest BCUT2D eigenvalue weighted by atomic mass is 10.2. The van der Waals surface area contributed by atoms with E-state index in [2.05, 4.69) is 26.2 Å². The maximum absolute atomic E-state index is 11.9. The van der Waals surface area contributed by atoms with Gasteiger partial charge in [0, 0.05) is 21.3 Å². The molecule has 1 aromatic carbocycles. The van der Waals surface area contributed by atoms with Crippen LogP contribution in [0.15, 0.2) is 45.8 Å². The van der Waals surface area contributed by atoms with Crippen molar-refractivity contribution < 1.29 is 4.79 Å². The number of benzene rings is 1. The fourth-order valence-electron chi connectivity index (χ4n) is 1.37. The zero-order valence-corrected chi connectivity index (χ0v) is 11.4. The van der Waals surface area contributed by atoms with Crippen LogP contribution in [-0.2, 0) is 0 Å². The van der Waals surface area contributed by atoms with Gasteiger partial charge in [-0.25, -0.2) is 0 Å². The highest BCUT2D eigenvalue weighted by molar-refractivity contribution is 9.10. The van der Waals surface area contributed by atoms with E-state index in [9.17, 15) is 9.59 Å². The van der Waals surface area contributed by atoms with E-state index in [0.29, 0.717) is 15.1 Å². The van der Waals surface area contributed by atoms with Gasteiger partial charge in [-0.3, -0.25) is 9.59 Å². The van der Waals surface area contributed by atoms with Gasteiger partial charge in [0.1, 0.15) is 5.69 Å². The normalized spacial score (nSPS) is 10.1. The van der Waals surface area contributed by atoms with Gasteiger partial charge in [0.05, 0.1) is 0 Å². The van der Waals surface area contributed by atoms with Crippen molar-refractivity contribution in [1.29, 1.82) is 0 Å². The number of hydrogen-bond acceptors (Lipinski definition) is 2. The van der Waals surface area contributed by atoms with E-state index < -0.39 is 0 Å². The molecule has 92 valence electrons. The molecular weight excluding hydrogens is 320 g/mol. The Hall–Kier alpha value is -1.59. The van der Waals surface area contributed by atoms with E-state index in [0.717, 1.165) is 0 Å². The Kier molecular flexibility index (Phi) is 3.84. The number of halogens is 2. The molecule has 0 bridgehead atoms. The average Bonchev–Trinajstić information content (AvgIpc) is 2.34. The Bertz CT molecular complexity index is 655. The number of amides is 1. The molecule has 0 radical (unpaired) electrons. The summed E-state index contributed by atoms with van der Waals surface area (Å²) in [6, 6.07) is 8.02. The summed E-state index contributed by atoms with van der Waals surface area (Å²) in [4.78, 5) is 25.9. The molecule has 0 spiro atoms. The lowest BCUT2D eigenvalue weighted by Crippen LogP contribution is -2.19. The van der Waals surface area contributed by atoms with Crippen LogP contribution in [0.2, 0.25) is 5.02 Å². The molecule has 0 aliphatic heterocycles. The maximum Gasteiger partial charge on any atom is 0.271 e. The summed E-state index contributed by atoms with van der Waals surface area (Å²) in [5, 5.41) is 2.99. The van der Waals surface area contributed by atoms with Gasteiger partial charge in [-0.15, -0.1) is 0 Å². The van der Waals surface area contributed by atoms with Crippen molar-refractivity contribution in [1.82, 2.24) is 4.98 Å². The maximum atomic E-state index is 11.9. The van der Waals surface area contributed by atoms with Crippen molar-refractivity contribution in [2.24, 2.45) is 0 Å². The van der Waals surface area contributed by atoms with E-state index >= 15 is 0 Å². The standard InChI is InChI=1S/C12H8BrClN2O2/c13-8-5-10(12(18)15-6-8)16-11(17)7-2-1-3-9(14)4-7/h1-6H,(H,15,18)(H,16,17). The van der Waals surface area contributed by atoms with Gasteiger partial charge in [0.2, 0.25) is 0 Å². The molecule has 1 heterocycles. The molecule has 0 atom stereocenters. The molecule has 2 aromatic rings. The van der Waals surface area contributed by atoms with Gasteiger partial charge >= 0.3 is 0 Å². The van der Waals surface area contributed by atoms with E-state index in [1.54, 1.807) is 18.2 Å². The predicted octanol–water partition coefficient (Wildman–Crippen LogP) is 3.04. The van der Waals surface area contributed by atoms with Crippen LogP contribution in [0.1, 0.15) is 10.4 Å². The summed E-state index contributed by atoms with van der Waals surface area (Å²) < 4.78 is 0.670. The topological polar surface area (TPSA) is 62.0 Å². The third-order valence-corrected chi connectivity index (χ3v) is 2.90. The Labute approximate surface area is 116 Å². The van der Waals surface area contributed by atoms with E-state index in [-0.39, 0.29) is 17.2 Å². The molecule has 4 nitrogen and oxygen atoms in total. The number of H-pyrrole nitrogens is 1. The molecule has 0 aliphatic carbocycles. The number of rotatable bonds is 2. The third-order valence-electron chi connectivity index (χ3n) is 2.20. The highest BCUT2D eigenvalue weighted by atomic mass is 79.9. The SMILES string of the molecule is O=C(Nc1cc(Br)c[nH]c1=O)c1cccc(Cl)c1. The number of nitrogens with one attached hydrogen (secondary N) is 2. The van der Waals surface area contributed by atoms with Crippen LogP contribution in [-0.4, -0.2) is 10.9 Å². The monoisotopic (exact) mass is 326 g/mol. The number of aromatic nitrogens is 1. The first-order valence-electron chi connectivity index (χ1n) is 5.01. The van der Waals surface area contributed by atoms with Crippen molar-refractivity contribution in [3.05, 3.63) is 61.9 Å². The average molecular weight is 328 g/mol. The quantitative estimate of drug-likeness (QED) is 0.890. The fraction of sp³-hybridized carbons (Fsp3) is 0. The van der Waals surface area contributed by atoms with Gasteiger partial charge in [-0.05, 0) is 40.2 Å². The van der Waals surface area contributed by atoms with Gasteiger partial charge < -0.3 is 10.3 Å². The lowest BCUT2D eigenvalue weighted by Gasteiger charge is -2.04. The number of pyridine rings is 1. The second kappa shape index (κ2) is 5.37. The zero-order valence-electron chi connectivity index (χ0n) is 9.04. The molecule has 18 heavy (non-hydrogen) atoms. The largest absolute Gasteiger partial charge is 0.326 e. The van der Waals surface area contributed by atoms with Crippen LogP contribution >= 0.6 is 27.5 Å². The first-order chi connectivity index (χ1) is 8.56. The molecular formula is C12H8BrClN2O2. The summed E-state index contributed by atoms with van der Waals surface area (Å²) >= 11 is 9.00. The first-order valence-corrected chi connectivity index (χ1v) is 6.18. The summed E-state index contributed by atoms with van der Waals surface area (Å²) in [5.41, 5.74) is 0.199.